The van der Waals surface area contributed by atoms with Gasteiger partial charge in [0, 0.05) is 30.3 Å². The molecule has 0 unspecified atom stereocenters. The summed E-state index contributed by atoms with van der Waals surface area (Å²) in [4.78, 5) is 16.8. The van der Waals surface area contributed by atoms with Gasteiger partial charge in [-0.05, 0) is 25.0 Å². The Morgan fingerprint density at radius 3 is 2.80 bits per heavy atom. The zero-order valence-corrected chi connectivity index (χ0v) is 15.1. The fraction of sp³-hybridized carbons (Fsp3) is 0.438. The summed E-state index contributed by atoms with van der Waals surface area (Å²) < 4.78 is 10.5. The molecule has 0 bridgehead atoms. The van der Waals surface area contributed by atoms with Crippen molar-refractivity contribution in [2.24, 2.45) is 11.1 Å². The number of hydrogen-bond acceptors (Lipinski definition) is 6. The molecule has 1 aromatic carbocycles. The number of nitrogens with one attached hydrogen (secondary N) is 1. The van der Waals surface area contributed by atoms with E-state index in [1.807, 2.05) is 12.1 Å². The van der Waals surface area contributed by atoms with Crippen LogP contribution < -0.4 is 11.1 Å². The molecule has 0 aliphatic carbocycles. The third kappa shape index (κ3) is 4.49. The van der Waals surface area contributed by atoms with Crippen LogP contribution >= 0.6 is 24.0 Å². The number of ether oxygens (including phenoxy) is 1. The molecule has 0 radical (unpaired) electrons. The van der Waals surface area contributed by atoms with Crippen molar-refractivity contribution in [1.82, 2.24) is 15.5 Å². The van der Waals surface area contributed by atoms with Gasteiger partial charge in [-0.1, -0.05) is 28.9 Å². The van der Waals surface area contributed by atoms with Crippen molar-refractivity contribution < 1.29 is 14.1 Å². The molecule has 1 saturated heterocycles. The average molecular weight is 387 g/mol. The number of aromatic nitrogens is 2. The molecule has 2 heterocycles. The molecule has 1 aromatic heterocycles. The lowest BCUT2D eigenvalue weighted by Gasteiger charge is -2.34. The largest absolute Gasteiger partial charge is 0.381 e. The summed E-state index contributed by atoms with van der Waals surface area (Å²) in [5.74, 6) is 0.662. The van der Waals surface area contributed by atoms with Crippen LogP contribution in [-0.4, -0.2) is 35.8 Å². The van der Waals surface area contributed by atoms with Crippen molar-refractivity contribution in [1.29, 1.82) is 0 Å². The summed E-state index contributed by atoms with van der Waals surface area (Å²) in [6, 6.07) is 7.17. The maximum Gasteiger partial charge on any atom is 0.246 e. The number of benzene rings is 1. The first-order valence-electron chi connectivity index (χ1n) is 7.78. The van der Waals surface area contributed by atoms with Gasteiger partial charge in [-0.15, -0.1) is 12.4 Å². The molecule has 2 aromatic rings. The first-order chi connectivity index (χ1) is 11.6. The molecule has 0 saturated carbocycles. The first kappa shape index (κ1) is 19.7. The van der Waals surface area contributed by atoms with Gasteiger partial charge in [0.25, 0.3) is 0 Å². The van der Waals surface area contributed by atoms with Gasteiger partial charge in [0.15, 0.2) is 0 Å². The van der Waals surface area contributed by atoms with E-state index in [4.69, 9.17) is 26.6 Å². The van der Waals surface area contributed by atoms with Crippen LogP contribution in [0.3, 0.4) is 0 Å². The van der Waals surface area contributed by atoms with Gasteiger partial charge in [-0.2, -0.15) is 4.98 Å². The van der Waals surface area contributed by atoms with Crippen LogP contribution in [0.5, 0.6) is 0 Å². The second kappa shape index (κ2) is 8.62. The highest BCUT2D eigenvalue weighted by molar-refractivity contribution is 6.30. The zero-order valence-electron chi connectivity index (χ0n) is 13.5. The van der Waals surface area contributed by atoms with Crippen LogP contribution in [0.15, 0.2) is 28.8 Å². The second-order valence-corrected chi connectivity index (χ2v) is 6.24. The van der Waals surface area contributed by atoms with Crippen molar-refractivity contribution in [3.8, 4) is 11.4 Å². The average Bonchev–Trinajstić information content (AvgIpc) is 3.09. The van der Waals surface area contributed by atoms with Crippen LogP contribution in [-0.2, 0) is 16.1 Å². The number of halogens is 2. The minimum Gasteiger partial charge on any atom is -0.381 e. The van der Waals surface area contributed by atoms with E-state index < -0.39 is 5.41 Å². The highest BCUT2D eigenvalue weighted by Gasteiger charge is 2.38. The molecular weight excluding hydrogens is 367 g/mol. The maximum atomic E-state index is 12.5. The number of amides is 1. The Hall–Kier alpha value is -1.67. The molecule has 3 N–H and O–H groups in total. The van der Waals surface area contributed by atoms with Crippen LogP contribution in [0, 0.1) is 5.41 Å². The Morgan fingerprint density at radius 1 is 1.36 bits per heavy atom. The molecule has 1 aliphatic heterocycles. The van der Waals surface area contributed by atoms with E-state index in [0.717, 1.165) is 5.56 Å². The van der Waals surface area contributed by atoms with E-state index in [2.05, 4.69) is 15.5 Å². The van der Waals surface area contributed by atoms with Gasteiger partial charge >= 0.3 is 0 Å². The first-order valence-corrected chi connectivity index (χ1v) is 8.15. The minimum absolute atomic E-state index is 0. The zero-order chi connectivity index (χ0) is 17.0. The lowest BCUT2D eigenvalue weighted by atomic mass is 9.79. The van der Waals surface area contributed by atoms with Crippen molar-refractivity contribution >= 4 is 29.9 Å². The normalized spacial score (nSPS) is 16.1. The van der Waals surface area contributed by atoms with Crippen LogP contribution in [0.25, 0.3) is 11.4 Å². The van der Waals surface area contributed by atoms with E-state index in [9.17, 15) is 4.79 Å². The number of carbonyl (C=O) groups excluding carboxylic acids is 1. The van der Waals surface area contributed by atoms with Crippen molar-refractivity contribution in [2.45, 2.75) is 19.4 Å². The Morgan fingerprint density at radius 2 is 2.12 bits per heavy atom. The predicted octanol–water partition coefficient (Wildman–Crippen LogP) is 2.18. The van der Waals surface area contributed by atoms with Crippen LogP contribution in [0.2, 0.25) is 5.02 Å². The quantitative estimate of drug-likeness (QED) is 0.815. The highest BCUT2D eigenvalue weighted by Crippen LogP contribution is 2.29. The van der Waals surface area contributed by atoms with Gasteiger partial charge in [-0.3, -0.25) is 4.79 Å². The molecule has 136 valence electrons. The molecule has 9 heteroatoms. The van der Waals surface area contributed by atoms with Gasteiger partial charge < -0.3 is 20.3 Å². The van der Waals surface area contributed by atoms with Crippen LogP contribution in [0.1, 0.15) is 18.7 Å². The SMILES string of the molecule is Cl.NCC1(C(=O)NCc2nc(-c3cccc(Cl)c3)no2)CCOCC1. The van der Waals surface area contributed by atoms with Crippen LogP contribution in [0.4, 0.5) is 0 Å². The molecule has 1 aliphatic rings. The molecular formula is C16H20Cl2N4O3. The summed E-state index contributed by atoms with van der Waals surface area (Å²) in [5, 5.41) is 7.35. The Balaban J connectivity index is 0.00000225. The maximum absolute atomic E-state index is 12.5. The Labute approximate surface area is 156 Å². The highest BCUT2D eigenvalue weighted by atomic mass is 35.5. The lowest BCUT2D eigenvalue weighted by molar-refractivity contribution is -0.136. The molecule has 3 rings (SSSR count). The summed E-state index contributed by atoms with van der Waals surface area (Å²) in [7, 11) is 0. The van der Waals surface area contributed by atoms with Gasteiger partial charge in [-0.25, -0.2) is 0 Å². The van der Waals surface area contributed by atoms with E-state index >= 15 is 0 Å². The molecule has 0 spiro atoms. The molecule has 1 fully saturated rings. The van der Waals surface area contributed by atoms with E-state index in [-0.39, 0.29) is 24.9 Å². The van der Waals surface area contributed by atoms with Crippen molar-refractivity contribution in [3.63, 3.8) is 0 Å². The minimum atomic E-state index is -0.575. The second-order valence-electron chi connectivity index (χ2n) is 5.80. The molecule has 7 nitrogen and oxygen atoms in total. The Bertz CT molecular complexity index is 717. The smallest absolute Gasteiger partial charge is 0.246 e. The number of carbonyl (C=O) groups is 1. The molecule has 25 heavy (non-hydrogen) atoms. The fourth-order valence-corrected chi connectivity index (χ4v) is 2.89. The fourth-order valence-electron chi connectivity index (χ4n) is 2.70. The number of nitrogens with zero attached hydrogens (tertiary/aromatic N) is 2. The van der Waals surface area contributed by atoms with Gasteiger partial charge in [0.1, 0.15) is 0 Å². The molecule has 1 amide bonds. The number of nitrogens with two attached hydrogens (primary N) is 1. The summed E-state index contributed by atoms with van der Waals surface area (Å²) >= 11 is 5.96. The lowest BCUT2D eigenvalue weighted by Crippen LogP contribution is -2.49. The van der Waals surface area contributed by atoms with E-state index in [1.54, 1.807) is 12.1 Å². The summed E-state index contributed by atoms with van der Waals surface area (Å²) in [6.45, 7) is 1.54. The standard InChI is InChI=1S/C16H19ClN4O3.ClH/c17-12-3-1-2-11(8-12)14-20-13(24-21-14)9-19-15(22)16(10-18)4-6-23-7-5-16;/h1-3,8H,4-7,9-10,18H2,(H,19,22);1H. The summed E-state index contributed by atoms with van der Waals surface area (Å²) in [6.07, 6.45) is 1.24. The predicted molar refractivity (Wildman–Crippen MR) is 95.4 cm³/mol. The van der Waals surface area contributed by atoms with Crippen molar-refractivity contribution in [3.05, 3.63) is 35.2 Å². The third-order valence-electron chi connectivity index (χ3n) is 4.27. The number of hydrogen-bond donors (Lipinski definition) is 2. The molecule has 0 atom stereocenters. The summed E-state index contributed by atoms with van der Waals surface area (Å²) in [5.41, 5.74) is 6.00. The van der Waals surface area contributed by atoms with Crippen molar-refractivity contribution in [2.75, 3.05) is 19.8 Å². The van der Waals surface area contributed by atoms with Gasteiger partial charge in [0.2, 0.25) is 17.6 Å². The number of rotatable bonds is 5. The van der Waals surface area contributed by atoms with Gasteiger partial charge in [0.05, 0.1) is 12.0 Å². The van der Waals surface area contributed by atoms with E-state index in [1.165, 1.54) is 0 Å². The Kier molecular flexibility index (Phi) is 6.78. The van der Waals surface area contributed by atoms with E-state index in [0.29, 0.717) is 49.3 Å². The third-order valence-corrected chi connectivity index (χ3v) is 4.51. The monoisotopic (exact) mass is 386 g/mol. The topological polar surface area (TPSA) is 103 Å².